The average Bonchev–Trinajstić information content (AvgIpc) is 2.88. The number of aliphatic hydroxyl groups is 1. The van der Waals surface area contributed by atoms with E-state index in [1.165, 1.54) is 11.9 Å². The Morgan fingerprint density at radius 2 is 1.76 bits per heavy atom. The van der Waals surface area contributed by atoms with E-state index in [2.05, 4.69) is 35.9 Å². The number of allylic oxidation sites excluding steroid dienone is 1. The van der Waals surface area contributed by atoms with Gasteiger partial charge in [0.25, 0.3) is 0 Å². The first-order valence-corrected chi connectivity index (χ1v) is 14.0. The summed E-state index contributed by atoms with van der Waals surface area (Å²) in [6.07, 6.45) is 1.50. The summed E-state index contributed by atoms with van der Waals surface area (Å²) >= 11 is 8.42. The van der Waals surface area contributed by atoms with E-state index in [-0.39, 0.29) is 30.9 Å². The molecule has 3 amide bonds. The Morgan fingerprint density at radius 3 is 2.37 bits per heavy atom. The number of esters is 1. The molecule has 0 bridgehead atoms. The first-order chi connectivity index (χ1) is 18.1. The van der Waals surface area contributed by atoms with Crippen molar-refractivity contribution < 1.29 is 29.0 Å². The largest absolute Gasteiger partial charge is 0.457 e. The van der Waals surface area contributed by atoms with Crippen molar-refractivity contribution >= 4 is 48.9 Å². The second-order valence-electron chi connectivity index (χ2n) is 9.68. The normalized spacial score (nSPS) is 26.5. The van der Waals surface area contributed by atoms with Gasteiger partial charge in [-0.2, -0.15) is 25.3 Å². The van der Waals surface area contributed by atoms with E-state index in [1.807, 2.05) is 30.3 Å². The van der Waals surface area contributed by atoms with E-state index in [9.17, 15) is 24.3 Å². The Balaban J connectivity index is 2.46. The predicted octanol–water partition coefficient (Wildman–Crippen LogP) is 1.55. The van der Waals surface area contributed by atoms with Gasteiger partial charge in [-0.3, -0.25) is 19.2 Å². The standard InChI is InChI=1S/C27H39N3O6S2/c1-17(2)25-22(31)15-24(33)36-19(11-7-8-12-37)14-23(32)30(3)21(13-18-9-5-4-6-10-18)27(35)28-20(16-38)26(34)29-25/h4-7,9-11,17,19-22,25,31,37-38H,8,12-16H2,1-3H3,(H,28,35)(H,29,34)/t19-,20-,21-,22+,25-/m1/s1. The number of amides is 3. The third-order valence-electron chi connectivity index (χ3n) is 6.37. The molecule has 5 atom stereocenters. The van der Waals surface area contributed by atoms with Gasteiger partial charge in [-0.05, 0) is 29.7 Å². The fourth-order valence-corrected chi connectivity index (χ4v) is 4.56. The highest BCUT2D eigenvalue weighted by molar-refractivity contribution is 7.80. The van der Waals surface area contributed by atoms with Gasteiger partial charge < -0.3 is 25.4 Å². The molecule has 1 aliphatic heterocycles. The Labute approximate surface area is 235 Å². The number of ether oxygens (including phenoxy) is 1. The maximum atomic E-state index is 13.5. The zero-order valence-electron chi connectivity index (χ0n) is 22.1. The van der Waals surface area contributed by atoms with Crippen molar-refractivity contribution in [3.05, 3.63) is 48.0 Å². The van der Waals surface area contributed by atoms with Crippen molar-refractivity contribution in [2.75, 3.05) is 18.6 Å². The number of benzene rings is 1. The Hall–Kier alpha value is -2.50. The lowest BCUT2D eigenvalue weighted by Crippen LogP contribution is -2.58. The molecule has 3 N–H and O–H groups in total. The number of nitrogens with one attached hydrogen (secondary N) is 2. The van der Waals surface area contributed by atoms with E-state index in [0.29, 0.717) is 12.2 Å². The van der Waals surface area contributed by atoms with E-state index >= 15 is 0 Å². The minimum Gasteiger partial charge on any atom is -0.457 e. The highest BCUT2D eigenvalue weighted by atomic mass is 32.1. The van der Waals surface area contributed by atoms with Crippen LogP contribution in [0.25, 0.3) is 0 Å². The maximum Gasteiger partial charge on any atom is 0.309 e. The first-order valence-electron chi connectivity index (χ1n) is 12.7. The highest BCUT2D eigenvalue weighted by Crippen LogP contribution is 2.16. The molecular formula is C27H39N3O6S2. The van der Waals surface area contributed by atoms with Crippen LogP contribution in [-0.2, 0) is 30.3 Å². The van der Waals surface area contributed by atoms with Crippen molar-refractivity contribution in [1.29, 1.82) is 0 Å². The molecule has 38 heavy (non-hydrogen) atoms. The maximum absolute atomic E-state index is 13.5. The van der Waals surface area contributed by atoms with Gasteiger partial charge in [0.05, 0.1) is 25.0 Å². The molecule has 0 unspecified atom stereocenters. The molecule has 0 radical (unpaired) electrons. The van der Waals surface area contributed by atoms with Gasteiger partial charge in [-0.1, -0.05) is 50.3 Å². The predicted molar refractivity (Wildman–Crippen MR) is 152 cm³/mol. The number of hydrogen-bond acceptors (Lipinski definition) is 8. The molecule has 1 aliphatic rings. The van der Waals surface area contributed by atoms with Gasteiger partial charge in [0.15, 0.2) is 0 Å². The highest BCUT2D eigenvalue weighted by Gasteiger charge is 2.34. The van der Waals surface area contributed by atoms with Gasteiger partial charge >= 0.3 is 5.97 Å². The summed E-state index contributed by atoms with van der Waals surface area (Å²) in [5.74, 6) is -1.85. The van der Waals surface area contributed by atoms with Crippen LogP contribution in [0.4, 0.5) is 0 Å². The first kappa shape index (κ1) is 31.7. The van der Waals surface area contributed by atoms with Crippen LogP contribution >= 0.6 is 25.3 Å². The smallest absolute Gasteiger partial charge is 0.309 e. The van der Waals surface area contributed by atoms with Crippen LogP contribution in [0.15, 0.2) is 42.5 Å². The van der Waals surface area contributed by atoms with Crippen LogP contribution in [0.1, 0.15) is 38.7 Å². The molecule has 2 rings (SSSR count). The van der Waals surface area contributed by atoms with Crippen molar-refractivity contribution in [2.45, 2.75) is 69.9 Å². The Bertz CT molecular complexity index is 975. The molecule has 0 spiro atoms. The second kappa shape index (κ2) is 15.8. The van der Waals surface area contributed by atoms with Gasteiger partial charge in [-0.25, -0.2) is 0 Å². The summed E-state index contributed by atoms with van der Waals surface area (Å²) in [6, 6.07) is 6.50. The zero-order chi connectivity index (χ0) is 28.2. The fraction of sp³-hybridized carbons (Fsp3) is 0.556. The Morgan fingerprint density at radius 1 is 1.08 bits per heavy atom. The summed E-state index contributed by atoms with van der Waals surface area (Å²) in [4.78, 5) is 53.9. The van der Waals surface area contributed by atoms with Gasteiger partial charge in [0, 0.05) is 19.2 Å². The van der Waals surface area contributed by atoms with Crippen molar-refractivity contribution in [3.8, 4) is 0 Å². The van der Waals surface area contributed by atoms with Crippen LogP contribution in [0.2, 0.25) is 0 Å². The molecule has 1 fully saturated rings. The van der Waals surface area contributed by atoms with E-state index < -0.39 is 54.0 Å². The van der Waals surface area contributed by atoms with Crippen molar-refractivity contribution in [2.24, 2.45) is 5.92 Å². The molecule has 1 heterocycles. The van der Waals surface area contributed by atoms with Gasteiger partial charge in [0.1, 0.15) is 18.2 Å². The van der Waals surface area contributed by atoms with Crippen LogP contribution in [0.3, 0.4) is 0 Å². The molecule has 0 saturated carbocycles. The summed E-state index contributed by atoms with van der Waals surface area (Å²) in [6.45, 7) is 3.60. The average molecular weight is 566 g/mol. The molecule has 0 aromatic heterocycles. The summed E-state index contributed by atoms with van der Waals surface area (Å²) in [5, 5.41) is 16.3. The molecule has 1 saturated heterocycles. The van der Waals surface area contributed by atoms with Crippen LogP contribution in [0, 0.1) is 5.92 Å². The lowest BCUT2D eigenvalue weighted by Gasteiger charge is -2.31. The number of carbonyl (C=O) groups excluding carboxylic acids is 4. The van der Waals surface area contributed by atoms with Crippen LogP contribution in [-0.4, -0.2) is 82.6 Å². The summed E-state index contributed by atoms with van der Waals surface area (Å²) < 4.78 is 5.56. The number of aliphatic hydroxyl groups excluding tert-OH is 1. The number of cyclic esters (lactones) is 1. The third kappa shape index (κ3) is 9.67. The zero-order valence-corrected chi connectivity index (χ0v) is 23.9. The Kier molecular flexibility index (Phi) is 13.2. The molecule has 1 aromatic carbocycles. The van der Waals surface area contributed by atoms with Crippen LogP contribution < -0.4 is 10.6 Å². The van der Waals surface area contributed by atoms with E-state index in [0.717, 1.165) is 5.56 Å². The molecule has 1 aromatic rings. The topological polar surface area (TPSA) is 125 Å². The van der Waals surface area contributed by atoms with E-state index in [4.69, 9.17) is 4.74 Å². The molecule has 0 aliphatic carbocycles. The second-order valence-corrected chi connectivity index (χ2v) is 10.5. The number of carbonyl (C=O) groups is 4. The SMILES string of the molecule is CC(C)[C@H]1NC(=O)[C@@H](CS)NC(=O)[C@@H](Cc2ccccc2)N(C)C(=O)C[C@@H](C=CCCS)OC(=O)C[C@@H]1O. The van der Waals surface area contributed by atoms with E-state index in [1.54, 1.807) is 26.0 Å². The quantitative estimate of drug-likeness (QED) is 0.194. The monoisotopic (exact) mass is 565 g/mol. The molecule has 210 valence electrons. The minimum absolute atomic E-state index is 0.00570. The lowest BCUT2D eigenvalue weighted by molar-refractivity contribution is -0.152. The van der Waals surface area contributed by atoms with Crippen molar-refractivity contribution in [3.63, 3.8) is 0 Å². The third-order valence-corrected chi connectivity index (χ3v) is 7.00. The van der Waals surface area contributed by atoms with Gasteiger partial charge in [-0.15, -0.1) is 0 Å². The van der Waals surface area contributed by atoms with Crippen molar-refractivity contribution in [1.82, 2.24) is 15.5 Å². The number of thiol groups is 2. The summed E-state index contributed by atoms with van der Waals surface area (Å²) in [7, 11) is 1.51. The van der Waals surface area contributed by atoms with Gasteiger partial charge in [0.2, 0.25) is 17.7 Å². The molecule has 9 nitrogen and oxygen atoms in total. The number of rotatable bonds is 7. The molecule has 11 heteroatoms. The lowest BCUT2D eigenvalue weighted by atomic mass is 9.96. The number of nitrogens with zero attached hydrogens (tertiary/aromatic N) is 1. The van der Waals surface area contributed by atoms with Crippen LogP contribution in [0.5, 0.6) is 0 Å². The summed E-state index contributed by atoms with van der Waals surface area (Å²) in [5.41, 5.74) is 0.830. The minimum atomic E-state index is -1.24. The number of hydrogen-bond donors (Lipinski definition) is 5. The molecular weight excluding hydrogens is 526 g/mol. The fourth-order valence-electron chi connectivity index (χ4n) is 4.15. The number of likely N-dealkylation sites (N-methyl/N-ethyl adjacent to an activating group) is 1.